The van der Waals surface area contributed by atoms with E-state index in [-0.39, 0.29) is 11.8 Å². The second-order valence-electron chi connectivity index (χ2n) is 12.1. The molecule has 3 aromatic rings. The van der Waals surface area contributed by atoms with Gasteiger partial charge < -0.3 is 9.80 Å². The smallest absolute Gasteiger partial charge is 0.255 e. The van der Waals surface area contributed by atoms with Crippen LogP contribution >= 0.6 is 0 Å². The van der Waals surface area contributed by atoms with Gasteiger partial charge in [-0.05, 0) is 72.7 Å². The van der Waals surface area contributed by atoms with Crippen molar-refractivity contribution >= 4 is 33.4 Å². The van der Waals surface area contributed by atoms with E-state index in [1.807, 2.05) is 30.3 Å². The van der Waals surface area contributed by atoms with Gasteiger partial charge >= 0.3 is 0 Å². The molecule has 0 aromatic heterocycles. The Hall–Kier alpha value is -3.18. The summed E-state index contributed by atoms with van der Waals surface area (Å²) in [6, 6.07) is 19.5. The third kappa shape index (κ3) is 5.41. The number of amides is 2. The molecule has 210 valence electrons. The first-order valence-corrected chi connectivity index (χ1v) is 15.5. The molecule has 1 atom stereocenters. The number of nitrogens with zero attached hydrogens (tertiary/aromatic N) is 3. The van der Waals surface area contributed by atoms with Crippen LogP contribution in [-0.4, -0.2) is 71.3 Å². The van der Waals surface area contributed by atoms with Gasteiger partial charge in [-0.1, -0.05) is 73.9 Å². The molecule has 2 saturated heterocycles. The average Bonchev–Trinajstić information content (AvgIpc) is 3.02. The van der Waals surface area contributed by atoms with Crippen molar-refractivity contribution in [2.75, 3.05) is 32.7 Å². The Bertz CT molecular complexity index is 1320. The maximum absolute atomic E-state index is 14.0. The lowest BCUT2D eigenvalue weighted by Gasteiger charge is -2.43. The second kappa shape index (κ2) is 12.1. The van der Waals surface area contributed by atoms with Gasteiger partial charge in [-0.25, -0.2) is 0 Å². The normalized spacial score (nSPS) is 21.5. The van der Waals surface area contributed by atoms with E-state index < -0.39 is 0 Å². The molecule has 0 unspecified atom stereocenters. The van der Waals surface area contributed by atoms with Crippen molar-refractivity contribution in [1.82, 2.24) is 14.7 Å². The Kier molecular flexibility index (Phi) is 8.20. The first-order chi connectivity index (χ1) is 19.6. The monoisotopic (exact) mass is 537 g/mol. The quantitative estimate of drug-likeness (QED) is 0.261. The SMILES string of the molecule is C=CCN(C(=O)[C@@H]1CCCN(C2CCN(C(=O)c3c4ccccc4cc4ccccc34)CC2)C1)C1CCCCC1. The van der Waals surface area contributed by atoms with E-state index in [9.17, 15) is 9.59 Å². The molecule has 0 N–H and O–H groups in total. The molecule has 3 aliphatic rings. The van der Waals surface area contributed by atoms with E-state index in [2.05, 4.69) is 51.6 Å². The summed E-state index contributed by atoms with van der Waals surface area (Å²) in [6.07, 6.45) is 11.9. The Labute approximate surface area is 238 Å². The molecule has 0 radical (unpaired) electrons. The summed E-state index contributed by atoms with van der Waals surface area (Å²) in [4.78, 5) is 34.5. The lowest BCUT2D eigenvalue weighted by atomic mass is 9.89. The molecule has 1 saturated carbocycles. The number of hydrogen-bond acceptors (Lipinski definition) is 3. The fraction of sp³-hybridized carbons (Fsp3) is 0.486. The van der Waals surface area contributed by atoms with E-state index in [0.717, 1.165) is 91.8 Å². The van der Waals surface area contributed by atoms with Crippen LogP contribution in [0.2, 0.25) is 0 Å². The van der Waals surface area contributed by atoms with Gasteiger partial charge in [0.2, 0.25) is 5.91 Å². The number of carbonyl (C=O) groups excluding carboxylic acids is 2. The molecule has 2 amide bonds. The highest BCUT2D eigenvalue weighted by atomic mass is 16.2. The van der Waals surface area contributed by atoms with E-state index in [4.69, 9.17) is 0 Å². The first kappa shape index (κ1) is 27.0. The van der Waals surface area contributed by atoms with Crippen LogP contribution in [0.5, 0.6) is 0 Å². The predicted molar refractivity (Wildman–Crippen MR) is 163 cm³/mol. The highest BCUT2D eigenvalue weighted by Crippen LogP contribution is 2.32. The number of benzene rings is 3. The molecule has 0 bridgehead atoms. The third-order valence-electron chi connectivity index (χ3n) is 9.68. The van der Waals surface area contributed by atoms with Gasteiger partial charge in [0.25, 0.3) is 5.91 Å². The molecule has 2 aliphatic heterocycles. The summed E-state index contributed by atoms with van der Waals surface area (Å²) in [5.41, 5.74) is 0.834. The summed E-state index contributed by atoms with van der Waals surface area (Å²) in [6.45, 7) is 8.06. The van der Waals surface area contributed by atoms with Gasteiger partial charge in [-0.15, -0.1) is 6.58 Å². The zero-order valence-electron chi connectivity index (χ0n) is 23.8. The van der Waals surface area contributed by atoms with Crippen molar-refractivity contribution in [1.29, 1.82) is 0 Å². The minimum atomic E-state index is 0.0809. The minimum Gasteiger partial charge on any atom is -0.338 e. The number of likely N-dealkylation sites (tertiary alicyclic amines) is 2. The van der Waals surface area contributed by atoms with Crippen molar-refractivity contribution in [3.05, 3.63) is 72.8 Å². The van der Waals surface area contributed by atoms with E-state index in [1.54, 1.807) is 0 Å². The lowest BCUT2D eigenvalue weighted by Crippen LogP contribution is -2.53. The van der Waals surface area contributed by atoms with Gasteiger partial charge in [0.1, 0.15) is 0 Å². The standard InChI is InChI=1S/C35H43N3O2/c1-2-20-38(30-14-4-3-5-15-30)34(39)28-13-10-21-37(25-28)29-18-22-36(23-19-29)35(40)33-31-16-8-6-11-26(31)24-27-12-7-9-17-32(27)33/h2,6-9,11-12,16-17,24,28-30H,1,3-5,10,13-15,18-23,25H2/t28-/m1/s1. The van der Waals surface area contributed by atoms with Crippen molar-refractivity contribution in [3.63, 3.8) is 0 Å². The van der Waals surface area contributed by atoms with Crippen LogP contribution in [0.15, 0.2) is 67.3 Å². The predicted octanol–water partition coefficient (Wildman–Crippen LogP) is 6.66. The molecule has 3 aromatic carbocycles. The Morgan fingerprint density at radius 3 is 2.12 bits per heavy atom. The maximum atomic E-state index is 14.0. The van der Waals surface area contributed by atoms with Crippen molar-refractivity contribution in [3.8, 4) is 0 Å². The zero-order chi connectivity index (χ0) is 27.5. The molecule has 5 nitrogen and oxygen atoms in total. The van der Waals surface area contributed by atoms with Crippen LogP contribution < -0.4 is 0 Å². The molecule has 2 heterocycles. The number of carbonyl (C=O) groups is 2. The van der Waals surface area contributed by atoms with E-state index in [1.165, 1.54) is 19.3 Å². The van der Waals surface area contributed by atoms with Crippen LogP contribution in [0.4, 0.5) is 0 Å². The molecule has 5 heteroatoms. The number of rotatable bonds is 6. The Morgan fingerprint density at radius 1 is 0.825 bits per heavy atom. The van der Waals surface area contributed by atoms with Crippen molar-refractivity contribution in [2.45, 2.75) is 69.9 Å². The van der Waals surface area contributed by atoms with Crippen molar-refractivity contribution in [2.24, 2.45) is 5.92 Å². The summed E-state index contributed by atoms with van der Waals surface area (Å²) in [5, 5.41) is 4.30. The van der Waals surface area contributed by atoms with Gasteiger partial charge in [0, 0.05) is 38.3 Å². The highest BCUT2D eigenvalue weighted by molar-refractivity contribution is 6.18. The third-order valence-corrected chi connectivity index (χ3v) is 9.68. The second-order valence-corrected chi connectivity index (χ2v) is 12.1. The minimum absolute atomic E-state index is 0.0809. The van der Waals surface area contributed by atoms with Crippen LogP contribution in [-0.2, 0) is 4.79 Å². The van der Waals surface area contributed by atoms with Gasteiger partial charge in [0.05, 0.1) is 11.5 Å². The lowest BCUT2D eigenvalue weighted by molar-refractivity contribution is -0.140. The van der Waals surface area contributed by atoms with E-state index in [0.29, 0.717) is 24.5 Å². The topological polar surface area (TPSA) is 43.9 Å². The Morgan fingerprint density at radius 2 is 1.48 bits per heavy atom. The summed E-state index contributed by atoms with van der Waals surface area (Å²) in [5.74, 6) is 0.565. The van der Waals surface area contributed by atoms with Gasteiger partial charge in [0.15, 0.2) is 0 Å². The summed E-state index contributed by atoms with van der Waals surface area (Å²) >= 11 is 0. The first-order valence-electron chi connectivity index (χ1n) is 15.5. The largest absolute Gasteiger partial charge is 0.338 e. The van der Waals surface area contributed by atoms with E-state index >= 15 is 0 Å². The van der Waals surface area contributed by atoms with Crippen molar-refractivity contribution < 1.29 is 9.59 Å². The van der Waals surface area contributed by atoms with Gasteiger partial charge in [-0.2, -0.15) is 0 Å². The maximum Gasteiger partial charge on any atom is 0.255 e. The fourth-order valence-electron chi connectivity index (χ4n) is 7.56. The molecule has 6 rings (SSSR count). The molecule has 40 heavy (non-hydrogen) atoms. The number of hydrogen-bond donors (Lipinski definition) is 0. The van der Waals surface area contributed by atoms with Crippen LogP contribution in [0.1, 0.15) is 68.1 Å². The fourth-order valence-corrected chi connectivity index (χ4v) is 7.56. The number of fused-ring (bicyclic) bond motifs is 2. The molecule has 0 spiro atoms. The average molecular weight is 538 g/mol. The summed E-state index contributed by atoms with van der Waals surface area (Å²) < 4.78 is 0. The van der Waals surface area contributed by atoms with Crippen LogP contribution in [0, 0.1) is 5.92 Å². The number of piperidine rings is 2. The highest BCUT2D eigenvalue weighted by Gasteiger charge is 2.36. The van der Waals surface area contributed by atoms with Gasteiger partial charge in [-0.3, -0.25) is 14.5 Å². The Balaban J connectivity index is 1.13. The molecule has 1 aliphatic carbocycles. The summed E-state index contributed by atoms with van der Waals surface area (Å²) in [7, 11) is 0. The molecular formula is C35H43N3O2. The molecule has 3 fully saturated rings. The van der Waals surface area contributed by atoms with Crippen LogP contribution in [0.25, 0.3) is 21.5 Å². The molecular weight excluding hydrogens is 494 g/mol. The zero-order valence-corrected chi connectivity index (χ0v) is 23.8. The van der Waals surface area contributed by atoms with Crippen LogP contribution in [0.3, 0.4) is 0 Å².